The van der Waals surface area contributed by atoms with Crippen LogP contribution in [0.2, 0.25) is 0 Å². The molecule has 3 aromatic heterocycles. The average molecular weight is 298 g/mol. The highest BCUT2D eigenvalue weighted by atomic mass is 32.1. The molecule has 1 amide bonds. The lowest BCUT2D eigenvalue weighted by molar-refractivity contribution is 0.0730. The minimum atomic E-state index is -0.00537. The van der Waals surface area contributed by atoms with Crippen LogP contribution >= 0.6 is 11.3 Å². The molecule has 1 atom stereocenters. The van der Waals surface area contributed by atoms with E-state index in [0.717, 1.165) is 19.4 Å². The van der Waals surface area contributed by atoms with Crippen molar-refractivity contribution >= 4 is 23.0 Å². The number of hydrogen-bond acceptors (Lipinski definition) is 4. The maximum absolute atomic E-state index is 12.7. The molecule has 1 aliphatic rings. The summed E-state index contributed by atoms with van der Waals surface area (Å²) in [5.41, 5.74) is 1.70. The van der Waals surface area contributed by atoms with Crippen molar-refractivity contribution in [2.45, 2.75) is 18.9 Å². The SMILES string of the molecule is O=C(c1cn2cccnc2n1)N1CCC[C@H]1c1ccsc1. The third-order valence-corrected chi connectivity index (χ3v) is 4.60. The van der Waals surface area contributed by atoms with E-state index < -0.39 is 0 Å². The van der Waals surface area contributed by atoms with Crippen LogP contribution in [-0.4, -0.2) is 31.7 Å². The van der Waals surface area contributed by atoms with Crippen LogP contribution in [0.15, 0.2) is 41.5 Å². The first-order valence-corrected chi connectivity index (χ1v) is 7.90. The van der Waals surface area contributed by atoms with E-state index in [4.69, 9.17) is 0 Å². The molecule has 0 radical (unpaired) electrons. The first-order valence-electron chi connectivity index (χ1n) is 6.96. The number of amides is 1. The van der Waals surface area contributed by atoms with Crippen LogP contribution in [0, 0.1) is 0 Å². The van der Waals surface area contributed by atoms with Gasteiger partial charge in [-0.15, -0.1) is 0 Å². The number of thiophene rings is 1. The zero-order valence-corrected chi connectivity index (χ0v) is 12.2. The van der Waals surface area contributed by atoms with E-state index in [1.807, 2.05) is 17.2 Å². The Balaban J connectivity index is 1.67. The lowest BCUT2D eigenvalue weighted by atomic mass is 10.1. The van der Waals surface area contributed by atoms with Crippen molar-refractivity contribution in [2.75, 3.05) is 6.54 Å². The Kier molecular flexibility index (Phi) is 2.96. The number of imidazole rings is 1. The summed E-state index contributed by atoms with van der Waals surface area (Å²) in [7, 11) is 0. The van der Waals surface area contributed by atoms with E-state index in [-0.39, 0.29) is 11.9 Å². The van der Waals surface area contributed by atoms with Gasteiger partial charge in [-0.1, -0.05) is 0 Å². The molecule has 0 saturated carbocycles. The van der Waals surface area contributed by atoms with E-state index in [9.17, 15) is 4.79 Å². The second kappa shape index (κ2) is 4.96. The zero-order chi connectivity index (χ0) is 14.2. The molecule has 4 rings (SSSR count). The van der Waals surface area contributed by atoms with Crippen molar-refractivity contribution in [2.24, 2.45) is 0 Å². The normalized spacial score (nSPS) is 18.5. The quantitative estimate of drug-likeness (QED) is 0.731. The second-order valence-corrected chi connectivity index (χ2v) is 5.95. The largest absolute Gasteiger partial charge is 0.330 e. The summed E-state index contributed by atoms with van der Waals surface area (Å²) in [5.74, 6) is 0.557. The van der Waals surface area contributed by atoms with E-state index in [2.05, 4.69) is 26.8 Å². The number of nitrogens with zero attached hydrogens (tertiary/aromatic N) is 4. The lowest BCUT2D eigenvalue weighted by Gasteiger charge is -2.23. The second-order valence-electron chi connectivity index (χ2n) is 5.17. The Labute approximate surface area is 125 Å². The molecule has 1 saturated heterocycles. The Hall–Kier alpha value is -2.21. The Morgan fingerprint density at radius 1 is 1.43 bits per heavy atom. The lowest BCUT2D eigenvalue weighted by Crippen LogP contribution is -2.30. The van der Waals surface area contributed by atoms with Crippen molar-refractivity contribution < 1.29 is 4.79 Å². The molecule has 1 aliphatic heterocycles. The molecule has 0 spiro atoms. The number of hydrogen-bond donors (Lipinski definition) is 0. The van der Waals surface area contributed by atoms with Gasteiger partial charge in [0, 0.05) is 25.1 Å². The van der Waals surface area contributed by atoms with Gasteiger partial charge in [0.1, 0.15) is 5.69 Å². The molecule has 1 fully saturated rings. The van der Waals surface area contributed by atoms with Crippen LogP contribution in [-0.2, 0) is 0 Å². The zero-order valence-electron chi connectivity index (χ0n) is 11.3. The molecule has 0 unspecified atom stereocenters. The molecular formula is C15H14N4OS. The van der Waals surface area contributed by atoms with E-state index in [1.54, 1.807) is 28.1 Å². The topological polar surface area (TPSA) is 50.5 Å². The summed E-state index contributed by atoms with van der Waals surface area (Å²) in [4.78, 5) is 23.2. The van der Waals surface area contributed by atoms with Gasteiger partial charge in [-0.3, -0.25) is 9.20 Å². The summed E-state index contributed by atoms with van der Waals surface area (Å²) < 4.78 is 1.78. The molecule has 0 bridgehead atoms. The van der Waals surface area contributed by atoms with Gasteiger partial charge in [-0.05, 0) is 41.3 Å². The van der Waals surface area contributed by atoms with Crippen LogP contribution in [0.1, 0.15) is 34.9 Å². The van der Waals surface area contributed by atoms with Gasteiger partial charge in [0.15, 0.2) is 0 Å². The first-order chi connectivity index (χ1) is 10.3. The predicted molar refractivity (Wildman–Crippen MR) is 80.3 cm³/mol. The van der Waals surface area contributed by atoms with Gasteiger partial charge in [0.25, 0.3) is 5.91 Å². The van der Waals surface area contributed by atoms with Crippen LogP contribution in [0.3, 0.4) is 0 Å². The van der Waals surface area contributed by atoms with Crippen molar-refractivity contribution in [3.63, 3.8) is 0 Å². The highest BCUT2D eigenvalue weighted by Gasteiger charge is 2.31. The minimum Gasteiger partial charge on any atom is -0.330 e. The van der Waals surface area contributed by atoms with Gasteiger partial charge in [0.05, 0.1) is 6.04 Å². The summed E-state index contributed by atoms with van der Waals surface area (Å²) in [5, 5.41) is 4.19. The maximum Gasteiger partial charge on any atom is 0.274 e. The standard InChI is InChI=1S/C15H14N4OS/c20-14(12-9-18-6-2-5-16-15(18)17-12)19-7-1-3-13(19)11-4-8-21-10-11/h2,4-6,8-10,13H,1,3,7H2/t13-/m0/s1. The van der Waals surface area contributed by atoms with Crippen LogP contribution in [0.25, 0.3) is 5.78 Å². The molecule has 0 N–H and O–H groups in total. The smallest absolute Gasteiger partial charge is 0.274 e. The van der Waals surface area contributed by atoms with E-state index in [1.165, 1.54) is 5.56 Å². The van der Waals surface area contributed by atoms with Crippen LogP contribution < -0.4 is 0 Å². The predicted octanol–water partition coefficient (Wildman–Crippen LogP) is 2.77. The summed E-state index contributed by atoms with van der Waals surface area (Å²) >= 11 is 1.67. The molecule has 0 aromatic carbocycles. The molecule has 4 heterocycles. The van der Waals surface area contributed by atoms with Gasteiger partial charge >= 0.3 is 0 Å². The fraction of sp³-hybridized carbons (Fsp3) is 0.267. The average Bonchev–Trinajstić information content (AvgIpc) is 3.23. The summed E-state index contributed by atoms with van der Waals surface area (Å²) in [6, 6.07) is 4.11. The number of likely N-dealkylation sites (tertiary alicyclic amines) is 1. The fourth-order valence-electron chi connectivity index (χ4n) is 2.90. The molecule has 5 nitrogen and oxygen atoms in total. The van der Waals surface area contributed by atoms with Crippen LogP contribution in [0.4, 0.5) is 0 Å². The Bertz CT molecular complexity index is 747. The Morgan fingerprint density at radius 2 is 2.38 bits per heavy atom. The highest BCUT2D eigenvalue weighted by Crippen LogP contribution is 2.33. The maximum atomic E-state index is 12.7. The molecule has 3 aromatic rings. The van der Waals surface area contributed by atoms with Crippen molar-refractivity contribution in [3.05, 3.63) is 52.7 Å². The number of fused-ring (bicyclic) bond motifs is 1. The van der Waals surface area contributed by atoms with Gasteiger partial charge < -0.3 is 4.90 Å². The van der Waals surface area contributed by atoms with Crippen molar-refractivity contribution in [3.8, 4) is 0 Å². The number of carbonyl (C=O) groups excluding carboxylic acids is 1. The van der Waals surface area contributed by atoms with Crippen LogP contribution in [0.5, 0.6) is 0 Å². The monoisotopic (exact) mass is 298 g/mol. The van der Waals surface area contributed by atoms with E-state index in [0.29, 0.717) is 11.5 Å². The minimum absolute atomic E-state index is 0.00537. The Morgan fingerprint density at radius 3 is 3.19 bits per heavy atom. The summed E-state index contributed by atoms with van der Waals surface area (Å²) in [6.07, 6.45) is 7.35. The van der Waals surface area contributed by atoms with E-state index >= 15 is 0 Å². The summed E-state index contributed by atoms with van der Waals surface area (Å²) in [6.45, 7) is 0.792. The van der Waals surface area contributed by atoms with Gasteiger partial charge in [-0.25, -0.2) is 9.97 Å². The first kappa shape index (κ1) is 12.5. The number of aromatic nitrogens is 3. The highest BCUT2D eigenvalue weighted by molar-refractivity contribution is 7.07. The van der Waals surface area contributed by atoms with Gasteiger partial charge in [-0.2, -0.15) is 11.3 Å². The van der Waals surface area contributed by atoms with Crippen molar-refractivity contribution in [1.29, 1.82) is 0 Å². The molecule has 0 aliphatic carbocycles. The fourth-order valence-corrected chi connectivity index (χ4v) is 3.61. The third-order valence-electron chi connectivity index (χ3n) is 3.90. The molecule has 6 heteroatoms. The van der Waals surface area contributed by atoms with Crippen molar-refractivity contribution in [1.82, 2.24) is 19.3 Å². The molecule has 21 heavy (non-hydrogen) atoms. The number of rotatable bonds is 2. The molecule has 106 valence electrons. The third kappa shape index (κ3) is 2.12. The number of carbonyl (C=O) groups is 1. The molecular weight excluding hydrogens is 284 g/mol. The van der Waals surface area contributed by atoms with Gasteiger partial charge in [0.2, 0.25) is 5.78 Å².